The summed E-state index contributed by atoms with van der Waals surface area (Å²) in [5.74, 6) is -2.41. The van der Waals surface area contributed by atoms with Gasteiger partial charge in [-0.3, -0.25) is 14.3 Å². The van der Waals surface area contributed by atoms with Crippen molar-refractivity contribution in [2.45, 2.75) is 33.9 Å². The lowest BCUT2D eigenvalue weighted by molar-refractivity contribution is 0.120. The van der Waals surface area contributed by atoms with Crippen molar-refractivity contribution in [1.82, 2.24) is 24.3 Å². The van der Waals surface area contributed by atoms with Gasteiger partial charge in [0.15, 0.2) is 11.6 Å². The zero-order valence-electron chi connectivity index (χ0n) is 27.0. The second-order valence-corrected chi connectivity index (χ2v) is 12.1. The molecule has 0 aliphatic heterocycles. The molecule has 0 aliphatic rings. The van der Waals surface area contributed by atoms with Gasteiger partial charge in [-0.1, -0.05) is 18.2 Å². The largest absolute Gasteiger partial charge is 0.504 e. The average molecular weight is 679 g/mol. The number of halogens is 2. The number of nitrogens with one attached hydrogen (secondary N) is 2. The maximum Gasteiger partial charge on any atom is 0.338 e. The molecule has 11 nitrogen and oxygen atoms in total. The fourth-order valence-electron chi connectivity index (χ4n) is 5.28. The molecule has 0 bridgehead atoms. The molecule has 0 saturated carbocycles. The summed E-state index contributed by atoms with van der Waals surface area (Å²) < 4.78 is 37.5. The number of aromatic hydroxyl groups is 1. The van der Waals surface area contributed by atoms with E-state index in [1.165, 1.54) is 18.2 Å². The first-order valence-electron chi connectivity index (χ1n) is 15.4. The van der Waals surface area contributed by atoms with Crippen LogP contribution in [0.3, 0.4) is 0 Å². The van der Waals surface area contributed by atoms with Crippen molar-refractivity contribution in [3.63, 3.8) is 0 Å². The number of aryl methyl sites for hydroxylation is 1. The number of hydrogen-bond acceptors (Lipinski definition) is 8. The van der Waals surface area contributed by atoms with Crippen molar-refractivity contribution in [2.24, 2.45) is 0 Å². The third kappa shape index (κ3) is 7.15. The van der Waals surface area contributed by atoms with Crippen LogP contribution in [0.4, 0.5) is 19.3 Å². The van der Waals surface area contributed by atoms with E-state index in [-0.39, 0.29) is 34.2 Å². The molecule has 0 spiro atoms. The van der Waals surface area contributed by atoms with Crippen LogP contribution in [-0.4, -0.2) is 63.5 Å². The Labute approximate surface area is 279 Å². The highest BCUT2D eigenvalue weighted by atomic mass is 32.1. The SMILES string of the molecule is CCNC(=O)Nc1ccc(-c2sc3c(c2CN(C)CCOCC)c(=O)n(-c2nc(C)ccc2O)c(=O)n3Cc2c(F)cccc2F)cc1. The van der Waals surface area contributed by atoms with Gasteiger partial charge in [-0.05, 0) is 75.3 Å². The van der Waals surface area contributed by atoms with Gasteiger partial charge in [0, 0.05) is 48.1 Å². The van der Waals surface area contributed by atoms with Gasteiger partial charge in [0.1, 0.15) is 16.5 Å². The molecule has 0 atom stereocenters. The molecule has 252 valence electrons. The predicted octanol–water partition coefficient (Wildman–Crippen LogP) is 5.23. The lowest BCUT2D eigenvalue weighted by atomic mass is 10.1. The smallest absolute Gasteiger partial charge is 0.338 e. The molecule has 2 aromatic carbocycles. The summed E-state index contributed by atoms with van der Waals surface area (Å²) in [5, 5.41) is 16.3. The topological polar surface area (TPSA) is 131 Å². The van der Waals surface area contributed by atoms with E-state index in [1.807, 2.05) is 25.8 Å². The lowest BCUT2D eigenvalue weighted by Crippen LogP contribution is -2.40. The Morgan fingerprint density at radius 3 is 2.42 bits per heavy atom. The number of pyridine rings is 1. The number of ether oxygens (including phenoxy) is 1. The van der Waals surface area contributed by atoms with Crippen LogP contribution < -0.4 is 21.9 Å². The van der Waals surface area contributed by atoms with Gasteiger partial charge in [-0.2, -0.15) is 0 Å². The van der Waals surface area contributed by atoms with Crippen molar-refractivity contribution in [1.29, 1.82) is 0 Å². The van der Waals surface area contributed by atoms with Crippen LogP contribution in [0.25, 0.3) is 26.5 Å². The number of rotatable bonds is 12. The molecule has 0 saturated heterocycles. The number of nitrogens with zero attached hydrogens (tertiary/aromatic N) is 4. The molecule has 0 unspecified atom stereocenters. The highest BCUT2D eigenvalue weighted by Crippen LogP contribution is 2.38. The van der Waals surface area contributed by atoms with Crippen LogP contribution in [0.15, 0.2) is 64.2 Å². The summed E-state index contributed by atoms with van der Waals surface area (Å²) in [5.41, 5.74) is 0.198. The maximum absolute atomic E-state index is 15.0. The number of carbonyl (C=O) groups excluding carboxylic acids is 1. The Bertz CT molecular complexity index is 2060. The van der Waals surface area contributed by atoms with Gasteiger partial charge < -0.3 is 20.5 Å². The van der Waals surface area contributed by atoms with Crippen molar-refractivity contribution in [3.8, 4) is 22.0 Å². The number of fused-ring (bicyclic) bond motifs is 1. The molecular weight excluding hydrogens is 642 g/mol. The fraction of sp³-hybridized carbons (Fsp3) is 0.294. The molecule has 0 fully saturated rings. The number of anilines is 1. The van der Waals surface area contributed by atoms with Gasteiger partial charge in [0.2, 0.25) is 0 Å². The van der Waals surface area contributed by atoms with Crippen molar-refractivity contribution >= 4 is 33.3 Å². The van der Waals surface area contributed by atoms with Crippen LogP contribution in [-0.2, 0) is 17.8 Å². The second-order valence-electron chi connectivity index (χ2n) is 11.1. The monoisotopic (exact) mass is 678 g/mol. The van der Waals surface area contributed by atoms with E-state index in [2.05, 4.69) is 15.6 Å². The van der Waals surface area contributed by atoms with Crippen LogP contribution >= 0.6 is 11.3 Å². The Balaban J connectivity index is 1.80. The molecule has 48 heavy (non-hydrogen) atoms. The fourth-order valence-corrected chi connectivity index (χ4v) is 6.58. The van der Waals surface area contributed by atoms with E-state index in [9.17, 15) is 19.5 Å². The molecule has 2 amide bonds. The summed E-state index contributed by atoms with van der Waals surface area (Å²) in [6.45, 7) is 7.01. The Hall–Kier alpha value is -4.92. The minimum Gasteiger partial charge on any atom is -0.504 e. The molecule has 3 N–H and O–H groups in total. The standard InChI is InChI=1S/C34H36F2N6O5S/c1-5-37-33(45)39-22-13-11-21(12-14-22)29-24(18-40(4)16-17-47-6-2)28-31(44)42(30-27(43)15-10-20(3)38-30)34(46)41(32(28)48-29)19-23-25(35)8-7-9-26(23)36/h7-15,43H,5-6,16-19H2,1-4H3,(H2,37,39,45). The van der Waals surface area contributed by atoms with E-state index >= 15 is 8.78 Å². The minimum atomic E-state index is -0.922. The number of amides is 2. The zero-order valence-corrected chi connectivity index (χ0v) is 27.8. The number of urea groups is 1. The van der Waals surface area contributed by atoms with Crippen LogP contribution in [0, 0.1) is 18.6 Å². The number of carbonyl (C=O) groups is 1. The van der Waals surface area contributed by atoms with Gasteiger partial charge in [-0.15, -0.1) is 11.3 Å². The Morgan fingerprint density at radius 2 is 1.75 bits per heavy atom. The average Bonchev–Trinajstić information content (AvgIpc) is 3.41. The molecule has 0 radical (unpaired) electrons. The summed E-state index contributed by atoms with van der Waals surface area (Å²) in [4.78, 5) is 47.8. The van der Waals surface area contributed by atoms with Crippen molar-refractivity contribution in [2.75, 3.05) is 38.7 Å². The highest BCUT2D eigenvalue weighted by Gasteiger charge is 2.27. The van der Waals surface area contributed by atoms with Gasteiger partial charge >= 0.3 is 11.7 Å². The summed E-state index contributed by atoms with van der Waals surface area (Å²) in [6, 6.07) is 12.9. The first kappa shape index (κ1) is 34.4. The molecule has 0 aliphatic carbocycles. The molecule has 3 heterocycles. The zero-order chi connectivity index (χ0) is 34.5. The van der Waals surface area contributed by atoms with E-state index in [0.29, 0.717) is 53.7 Å². The van der Waals surface area contributed by atoms with Gasteiger partial charge in [0.25, 0.3) is 5.56 Å². The third-order valence-corrected chi connectivity index (χ3v) is 8.95. The van der Waals surface area contributed by atoms with Crippen LogP contribution in [0.2, 0.25) is 0 Å². The Kier molecular flexibility index (Phi) is 10.7. The number of hydrogen-bond donors (Lipinski definition) is 3. The molecule has 5 rings (SSSR count). The third-order valence-electron chi connectivity index (χ3n) is 7.65. The van der Waals surface area contributed by atoms with E-state index in [0.717, 1.165) is 32.6 Å². The van der Waals surface area contributed by atoms with Crippen molar-refractivity contribution in [3.05, 3.63) is 104 Å². The summed E-state index contributed by atoms with van der Waals surface area (Å²) >= 11 is 1.14. The second kappa shape index (κ2) is 14.9. The minimum absolute atomic E-state index is 0.141. The van der Waals surface area contributed by atoms with Crippen LogP contribution in [0.1, 0.15) is 30.7 Å². The molecule has 5 aromatic rings. The number of benzene rings is 2. The molecule has 14 heteroatoms. The summed E-state index contributed by atoms with van der Waals surface area (Å²) in [7, 11) is 1.86. The number of likely N-dealkylation sites (N-methyl/N-ethyl adjacent to an activating group) is 1. The van der Waals surface area contributed by atoms with Gasteiger partial charge in [-0.25, -0.2) is 27.9 Å². The van der Waals surface area contributed by atoms with Crippen LogP contribution in [0.5, 0.6) is 5.75 Å². The first-order valence-corrected chi connectivity index (χ1v) is 16.2. The lowest BCUT2D eigenvalue weighted by Gasteiger charge is -2.18. The molecule has 3 aromatic heterocycles. The van der Waals surface area contributed by atoms with E-state index in [4.69, 9.17) is 4.74 Å². The first-order chi connectivity index (χ1) is 23.0. The normalized spacial score (nSPS) is 11.4. The molecular formula is C34H36F2N6O5S. The number of thiophene rings is 1. The van der Waals surface area contributed by atoms with Gasteiger partial charge in [0.05, 0.1) is 18.5 Å². The maximum atomic E-state index is 15.0. The van der Waals surface area contributed by atoms with Crippen molar-refractivity contribution < 1.29 is 23.4 Å². The summed E-state index contributed by atoms with van der Waals surface area (Å²) in [6.07, 6.45) is 0. The van der Waals surface area contributed by atoms with E-state index < -0.39 is 35.2 Å². The highest BCUT2D eigenvalue weighted by molar-refractivity contribution is 7.22. The Morgan fingerprint density at radius 1 is 1.04 bits per heavy atom. The number of aromatic nitrogens is 3. The van der Waals surface area contributed by atoms with E-state index in [1.54, 1.807) is 31.2 Å². The quantitative estimate of drug-likeness (QED) is 0.154. The predicted molar refractivity (Wildman–Crippen MR) is 182 cm³/mol.